The number of hydrogen-bond acceptors (Lipinski definition) is 2. The quantitative estimate of drug-likeness (QED) is 0.636. The van der Waals surface area contributed by atoms with Crippen molar-refractivity contribution in [3.63, 3.8) is 0 Å². The fraction of sp³-hybridized carbons (Fsp3) is 0.273. The minimum Gasteiger partial charge on any atom is -0.481 e. The third kappa shape index (κ3) is 3.22. The molecule has 0 spiro atoms. The van der Waals surface area contributed by atoms with Gasteiger partial charge in [0.2, 0.25) is 5.91 Å². The van der Waals surface area contributed by atoms with Gasteiger partial charge in [-0.25, -0.2) is 13.2 Å². The zero-order valence-corrected chi connectivity index (χ0v) is 9.34. The smallest absolute Gasteiger partial charge is 0.315 e. The number of aliphatic carboxylic acids is 1. The minimum atomic E-state index is -1.37. The average Bonchev–Trinajstić information content (AvgIpc) is 2.30. The molecule has 1 unspecified atom stereocenters. The highest BCUT2D eigenvalue weighted by Gasteiger charge is 2.20. The molecule has 0 saturated heterocycles. The Morgan fingerprint density at radius 1 is 1.33 bits per heavy atom. The number of amides is 1. The van der Waals surface area contributed by atoms with Crippen LogP contribution < -0.4 is 5.32 Å². The van der Waals surface area contributed by atoms with Crippen LogP contribution in [0.15, 0.2) is 12.1 Å². The maximum atomic E-state index is 13.2. The molecule has 0 aromatic heterocycles. The van der Waals surface area contributed by atoms with Gasteiger partial charge in [-0.05, 0) is 13.0 Å². The SMILES string of the molecule is CC(C(=O)O)C(=O)NCc1cc(F)cc(F)c1F. The van der Waals surface area contributed by atoms with Gasteiger partial charge in [0.15, 0.2) is 11.6 Å². The van der Waals surface area contributed by atoms with Crippen LogP contribution in [0.25, 0.3) is 0 Å². The maximum Gasteiger partial charge on any atom is 0.315 e. The molecule has 98 valence electrons. The van der Waals surface area contributed by atoms with E-state index in [1.807, 2.05) is 0 Å². The number of halogens is 3. The Kier molecular flexibility index (Phi) is 4.30. The van der Waals surface area contributed by atoms with Crippen molar-refractivity contribution in [2.45, 2.75) is 13.5 Å². The molecule has 1 amide bonds. The number of carboxylic acid groups (broad SMARTS) is 1. The zero-order valence-electron chi connectivity index (χ0n) is 9.34. The minimum absolute atomic E-state index is 0.376. The van der Waals surface area contributed by atoms with Crippen LogP contribution in [0.2, 0.25) is 0 Å². The lowest BCUT2D eigenvalue weighted by Crippen LogP contribution is -2.33. The molecular formula is C11H10F3NO3. The maximum absolute atomic E-state index is 13.2. The molecule has 0 radical (unpaired) electrons. The largest absolute Gasteiger partial charge is 0.481 e. The van der Waals surface area contributed by atoms with Crippen LogP contribution in [0, 0.1) is 23.4 Å². The molecule has 0 heterocycles. The first kappa shape index (κ1) is 14.0. The Bertz CT molecular complexity index is 491. The van der Waals surface area contributed by atoms with E-state index >= 15 is 0 Å². The van der Waals surface area contributed by atoms with Crippen LogP contribution in [0.3, 0.4) is 0 Å². The van der Waals surface area contributed by atoms with Crippen molar-refractivity contribution in [1.29, 1.82) is 0 Å². The first-order valence-electron chi connectivity index (χ1n) is 4.97. The molecule has 0 bridgehead atoms. The summed E-state index contributed by atoms with van der Waals surface area (Å²) in [4.78, 5) is 21.7. The molecular weight excluding hydrogens is 251 g/mol. The van der Waals surface area contributed by atoms with Crippen molar-refractivity contribution in [2.75, 3.05) is 0 Å². The van der Waals surface area contributed by atoms with Gasteiger partial charge in [-0.2, -0.15) is 0 Å². The lowest BCUT2D eigenvalue weighted by Gasteiger charge is -2.09. The number of benzene rings is 1. The van der Waals surface area contributed by atoms with Crippen molar-refractivity contribution >= 4 is 11.9 Å². The highest BCUT2D eigenvalue weighted by molar-refractivity contribution is 5.96. The Morgan fingerprint density at radius 2 is 1.94 bits per heavy atom. The molecule has 0 aliphatic heterocycles. The summed E-state index contributed by atoms with van der Waals surface area (Å²) in [5, 5.41) is 10.6. The Morgan fingerprint density at radius 3 is 2.50 bits per heavy atom. The van der Waals surface area contributed by atoms with Crippen molar-refractivity contribution in [1.82, 2.24) is 5.32 Å². The van der Waals surface area contributed by atoms with Gasteiger partial charge in [0.1, 0.15) is 11.7 Å². The van der Waals surface area contributed by atoms with E-state index in [2.05, 4.69) is 5.32 Å². The predicted molar refractivity (Wildman–Crippen MR) is 55.0 cm³/mol. The summed E-state index contributed by atoms with van der Waals surface area (Å²) >= 11 is 0. The van der Waals surface area contributed by atoms with E-state index in [1.54, 1.807) is 0 Å². The molecule has 18 heavy (non-hydrogen) atoms. The third-order valence-electron chi connectivity index (χ3n) is 2.29. The van der Waals surface area contributed by atoms with E-state index in [1.165, 1.54) is 0 Å². The van der Waals surface area contributed by atoms with E-state index < -0.39 is 47.4 Å². The van der Waals surface area contributed by atoms with Gasteiger partial charge in [-0.3, -0.25) is 9.59 Å². The molecule has 4 nitrogen and oxygen atoms in total. The second-order valence-electron chi connectivity index (χ2n) is 3.64. The fourth-order valence-corrected chi connectivity index (χ4v) is 1.19. The molecule has 7 heteroatoms. The van der Waals surface area contributed by atoms with Gasteiger partial charge in [-0.1, -0.05) is 0 Å². The standard InChI is InChI=1S/C11H10F3NO3/c1-5(11(17)18)10(16)15-4-6-2-7(12)3-8(13)9(6)14/h2-3,5H,4H2,1H3,(H,15,16)(H,17,18). The molecule has 0 aliphatic carbocycles. The first-order chi connectivity index (χ1) is 8.32. The van der Waals surface area contributed by atoms with Crippen molar-refractivity contribution in [3.8, 4) is 0 Å². The number of carbonyl (C=O) groups excluding carboxylic acids is 1. The summed E-state index contributed by atoms with van der Waals surface area (Å²) in [7, 11) is 0. The molecule has 1 aromatic rings. The van der Waals surface area contributed by atoms with Gasteiger partial charge in [-0.15, -0.1) is 0 Å². The summed E-state index contributed by atoms with van der Waals surface area (Å²) in [5.74, 6) is -7.17. The normalized spacial score (nSPS) is 12.0. The van der Waals surface area contributed by atoms with Crippen molar-refractivity contribution < 1.29 is 27.9 Å². The lowest BCUT2D eigenvalue weighted by atomic mass is 10.1. The third-order valence-corrected chi connectivity index (χ3v) is 2.29. The summed E-state index contributed by atoms with van der Waals surface area (Å²) in [6, 6.07) is 1.10. The van der Waals surface area contributed by atoms with Crippen LogP contribution in [0.1, 0.15) is 12.5 Å². The van der Waals surface area contributed by atoms with Gasteiger partial charge in [0, 0.05) is 18.2 Å². The molecule has 2 N–H and O–H groups in total. The Balaban J connectivity index is 2.75. The van der Waals surface area contributed by atoms with E-state index in [0.29, 0.717) is 6.07 Å². The number of carboxylic acids is 1. The highest BCUT2D eigenvalue weighted by atomic mass is 19.2. The van der Waals surface area contributed by atoms with Crippen LogP contribution in [0.5, 0.6) is 0 Å². The summed E-state index contributed by atoms with van der Waals surface area (Å²) in [5.41, 5.74) is -0.390. The molecule has 1 aromatic carbocycles. The monoisotopic (exact) mass is 261 g/mol. The second-order valence-corrected chi connectivity index (χ2v) is 3.64. The number of hydrogen-bond donors (Lipinski definition) is 2. The van der Waals surface area contributed by atoms with Crippen LogP contribution in [-0.4, -0.2) is 17.0 Å². The predicted octanol–water partition coefficient (Wildman–Crippen LogP) is 1.44. The van der Waals surface area contributed by atoms with Crippen LogP contribution >= 0.6 is 0 Å². The summed E-state index contributed by atoms with van der Waals surface area (Å²) < 4.78 is 38.8. The Hall–Kier alpha value is -2.05. The van der Waals surface area contributed by atoms with Crippen LogP contribution in [-0.2, 0) is 16.1 Å². The van der Waals surface area contributed by atoms with Gasteiger partial charge in [0.25, 0.3) is 0 Å². The molecule has 0 saturated carbocycles. The number of carbonyl (C=O) groups is 2. The van der Waals surface area contributed by atoms with Crippen molar-refractivity contribution in [3.05, 3.63) is 35.1 Å². The van der Waals surface area contributed by atoms with E-state index in [4.69, 9.17) is 5.11 Å². The van der Waals surface area contributed by atoms with Gasteiger partial charge in [0.05, 0.1) is 0 Å². The second kappa shape index (κ2) is 5.52. The zero-order chi connectivity index (χ0) is 13.9. The topological polar surface area (TPSA) is 66.4 Å². The molecule has 0 fully saturated rings. The van der Waals surface area contributed by atoms with E-state index in [-0.39, 0.29) is 0 Å². The van der Waals surface area contributed by atoms with Gasteiger partial charge >= 0.3 is 5.97 Å². The highest BCUT2D eigenvalue weighted by Crippen LogP contribution is 2.14. The number of rotatable bonds is 4. The lowest BCUT2D eigenvalue weighted by molar-refractivity contribution is -0.146. The molecule has 1 atom stereocenters. The number of nitrogens with one attached hydrogen (secondary N) is 1. The van der Waals surface area contributed by atoms with Crippen LogP contribution in [0.4, 0.5) is 13.2 Å². The van der Waals surface area contributed by atoms with E-state index in [0.717, 1.165) is 13.0 Å². The summed E-state index contributed by atoms with van der Waals surface area (Å²) in [6.45, 7) is 0.650. The first-order valence-corrected chi connectivity index (χ1v) is 4.97. The Labute approximate surface area is 100 Å². The molecule has 1 rings (SSSR count). The van der Waals surface area contributed by atoms with E-state index in [9.17, 15) is 22.8 Å². The van der Waals surface area contributed by atoms with Crippen molar-refractivity contribution in [2.24, 2.45) is 5.92 Å². The van der Waals surface area contributed by atoms with Gasteiger partial charge < -0.3 is 10.4 Å². The molecule has 0 aliphatic rings. The summed E-state index contributed by atoms with van der Waals surface area (Å²) in [6.07, 6.45) is 0. The average molecular weight is 261 g/mol. The fourth-order valence-electron chi connectivity index (χ4n) is 1.19.